The van der Waals surface area contributed by atoms with Crippen molar-refractivity contribution in [3.05, 3.63) is 64.2 Å². The highest BCUT2D eigenvalue weighted by atomic mass is 35.5. The first-order valence-electron chi connectivity index (χ1n) is 13.2. The minimum atomic E-state index is -5.15. The Hall–Kier alpha value is -2.60. The zero-order valence-corrected chi connectivity index (χ0v) is 22.3. The second kappa shape index (κ2) is 9.47. The monoisotopic (exact) mass is 589 g/mol. The van der Waals surface area contributed by atoms with Crippen molar-refractivity contribution in [2.75, 3.05) is 24.5 Å². The number of halogens is 8. The van der Waals surface area contributed by atoms with Crippen LogP contribution in [0.3, 0.4) is 0 Å². The Morgan fingerprint density at radius 3 is 2.40 bits per heavy atom. The number of fused-ring (bicyclic) bond motifs is 3. The fourth-order valence-electron chi connectivity index (χ4n) is 6.79. The molecule has 4 aliphatic rings. The van der Waals surface area contributed by atoms with Gasteiger partial charge in [-0.2, -0.15) is 13.2 Å². The molecular formula is C27H27ClF7N5. The summed E-state index contributed by atoms with van der Waals surface area (Å²) in [6.45, 7) is 3.17. The van der Waals surface area contributed by atoms with Crippen molar-refractivity contribution in [1.29, 1.82) is 0 Å². The van der Waals surface area contributed by atoms with Crippen molar-refractivity contribution in [3.8, 4) is 0 Å². The van der Waals surface area contributed by atoms with Crippen LogP contribution in [0.4, 0.5) is 36.4 Å². The van der Waals surface area contributed by atoms with E-state index in [1.807, 2.05) is 28.5 Å². The first-order valence-corrected chi connectivity index (χ1v) is 13.6. The van der Waals surface area contributed by atoms with Crippen molar-refractivity contribution in [3.63, 3.8) is 0 Å². The molecule has 2 aliphatic carbocycles. The van der Waals surface area contributed by atoms with E-state index in [2.05, 4.69) is 10.2 Å². The minimum absolute atomic E-state index is 0.103. The van der Waals surface area contributed by atoms with Crippen LogP contribution >= 0.6 is 11.6 Å². The van der Waals surface area contributed by atoms with Gasteiger partial charge in [0, 0.05) is 54.9 Å². The van der Waals surface area contributed by atoms with Crippen LogP contribution in [-0.4, -0.2) is 50.8 Å². The summed E-state index contributed by atoms with van der Waals surface area (Å²) in [6, 6.07) is 1.50. The second-order valence-electron chi connectivity index (χ2n) is 11.5. The molecule has 1 unspecified atom stereocenters. The van der Waals surface area contributed by atoms with E-state index in [-0.39, 0.29) is 49.5 Å². The summed E-state index contributed by atoms with van der Waals surface area (Å²) < 4.78 is 98.2. The van der Waals surface area contributed by atoms with Crippen LogP contribution in [-0.2, 0) is 12.7 Å². The molecule has 2 aliphatic heterocycles. The van der Waals surface area contributed by atoms with Gasteiger partial charge in [0.05, 0.1) is 18.3 Å². The van der Waals surface area contributed by atoms with Crippen molar-refractivity contribution in [2.24, 2.45) is 5.92 Å². The molecule has 1 saturated carbocycles. The van der Waals surface area contributed by atoms with Gasteiger partial charge in [-0.1, -0.05) is 23.8 Å². The first kappa shape index (κ1) is 27.6. The van der Waals surface area contributed by atoms with E-state index in [9.17, 15) is 30.7 Å². The minimum Gasteiger partial charge on any atom is -0.369 e. The molecule has 0 amide bonds. The third kappa shape index (κ3) is 4.70. The van der Waals surface area contributed by atoms with Crippen LogP contribution < -0.4 is 4.90 Å². The number of alkyl halides is 5. The van der Waals surface area contributed by atoms with Crippen molar-refractivity contribution in [1.82, 2.24) is 19.7 Å². The lowest BCUT2D eigenvalue weighted by Crippen LogP contribution is -2.60. The average Bonchev–Trinajstić information content (AvgIpc) is 3.18. The van der Waals surface area contributed by atoms with Gasteiger partial charge in [-0.15, -0.1) is 10.2 Å². The predicted molar refractivity (Wildman–Crippen MR) is 134 cm³/mol. The number of hydrogen-bond acceptors (Lipinski definition) is 4. The van der Waals surface area contributed by atoms with E-state index in [0.717, 1.165) is 6.07 Å². The van der Waals surface area contributed by atoms with E-state index in [4.69, 9.17) is 11.6 Å². The molecule has 1 aromatic heterocycles. The predicted octanol–water partition coefficient (Wildman–Crippen LogP) is 6.81. The largest absolute Gasteiger partial charge is 0.422 e. The Balaban J connectivity index is 1.26. The summed E-state index contributed by atoms with van der Waals surface area (Å²) in [7, 11) is 0. The van der Waals surface area contributed by atoms with E-state index < -0.39 is 34.8 Å². The van der Waals surface area contributed by atoms with Gasteiger partial charge >= 0.3 is 6.18 Å². The van der Waals surface area contributed by atoms with Crippen LogP contribution in [0.15, 0.2) is 35.4 Å². The van der Waals surface area contributed by atoms with Gasteiger partial charge < -0.3 is 9.47 Å². The van der Waals surface area contributed by atoms with Crippen LogP contribution in [0.5, 0.6) is 0 Å². The standard InChI is InChI=1S/C27H27ClF7N5/c1-25(13-26(31,32)14-25)39-11-16-10-17(28)2-4-19(16)40-21(12-39)36-37-24(40)15-6-8-38(9-7-15)20-5-3-18(29)22(23(20)30)27(33,34)35/h2-5,10,15-16,19H,6-9,11-14H2,1H3/t16-,19?/m1/s1. The van der Waals surface area contributed by atoms with Gasteiger partial charge in [0.25, 0.3) is 5.92 Å². The number of aromatic nitrogens is 3. The topological polar surface area (TPSA) is 37.2 Å². The van der Waals surface area contributed by atoms with Gasteiger partial charge in [-0.05, 0) is 38.0 Å². The molecule has 2 atom stereocenters. The van der Waals surface area contributed by atoms with Crippen molar-refractivity contribution < 1.29 is 30.7 Å². The number of anilines is 1. The molecule has 2 fully saturated rings. The lowest BCUT2D eigenvalue weighted by atomic mass is 9.73. The van der Waals surface area contributed by atoms with Crippen molar-refractivity contribution >= 4 is 17.3 Å². The Kier molecular flexibility index (Phi) is 6.53. The maximum Gasteiger partial charge on any atom is 0.422 e. The maximum atomic E-state index is 14.8. The highest BCUT2D eigenvalue weighted by Gasteiger charge is 2.57. The molecule has 0 spiro atoms. The fourth-order valence-corrected chi connectivity index (χ4v) is 7.02. The molecule has 0 bridgehead atoms. The molecule has 0 radical (unpaired) electrons. The van der Waals surface area contributed by atoms with Crippen LogP contribution in [0, 0.1) is 17.6 Å². The number of benzene rings is 1. The first-order chi connectivity index (χ1) is 18.8. The summed E-state index contributed by atoms with van der Waals surface area (Å²) in [4.78, 5) is 3.53. The normalized spacial score (nSPS) is 26.5. The molecule has 1 saturated heterocycles. The Morgan fingerprint density at radius 2 is 1.75 bits per heavy atom. The van der Waals surface area contributed by atoms with E-state index in [0.29, 0.717) is 48.7 Å². The Bertz CT molecular complexity index is 1370. The number of rotatable bonds is 3. The van der Waals surface area contributed by atoms with Crippen molar-refractivity contribution in [2.45, 2.75) is 68.7 Å². The van der Waals surface area contributed by atoms with E-state index >= 15 is 0 Å². The Labute approximate surface area is 231 Å². The molecular weight excluding hydrogens is 563 g/mol. The fraction of sp³-hybridized carbons (Fsp3) is 0.556. The molecule has 1 aromatic carbocycles. The Morgan fingerprint density at radius 1 is 1.05 bits per heavy atom. The molecule has 3 heterocycles. The van der Waals surface area contributed by atoms with Gasteiger partial charge in [0.1, 0.15) is 23.0 Å². The number of piperidine rings is 1. The smallest absolute Gasteiger partial charge is 0.369 e. The average molecular weight is 590 g/mol. The summed E-state index contributed by atoms with van der Waals surface area (Å²) >= 11 is 6.34. The molecule has 2 aromatic rings. The van der Waals surface area contributed by atoms with E-state index in [1.54, 1.807) is 6.08 Å². The molecule has 216 valence electrons. The summed E-state index contributed by atoms with van der Waals surface area (Å²) in [5.74, 6) is -4.83. The number of hydrogen-bond donors (Lipinski definition) is 0. The molecule has 0 N–H and O–H groups in total. The zero-order chi connectivity index (χ0) is 28.6. The third-order valence-electron chi connectivity index (χ3n) is 8.72. The number of allylic oxidation sites excluding steroid dienone is 3. The summed E-state index contributed by atoms with van der Waals surface area (Å²) in [6.07, 6.45) is 0.985. The van der Waals surface area contributed by atoms with Gasteiger partial charge in [0.15, 0.2) is 5.82 Å². The summed E-state index contributed by atoms with van der Waals surface area (Å²) in [5.41, 5.74) is -2.86. The van der Waals surface area contributed by atoms with Crippen LogP contribution in [0.1, 0.15) is 61.8 Å². The lowest BCUT2D eigenvalue weighted by molar-refractivity contribution is -0.172. The quantitative estimate of drug-likeness (QED) is 0.369. The molecule has 5 nitrogen and oxygen atoms in total. The van der Waals surface area contributed by atoms with Gasteiger partial charge in [-0.25, -0.2) is 17.6 Å². The van der Waals surface area contributed by atoms with E-state index in [1.165, 1.54) is 4.90 Å². The molecule has 40 heavy (non-hydrogen) atoms. The molecule has 6 rings (SSSR count). The number of nitrogens with zero attached hydrogens (tertiary/aromatic N) is 5. The van der Waals surface area contributed by atoms with Gasteiger partial charge in [-0.3, -0.25) is 4.90 Å². The lowest BCUT2D eigenvalue weighted by Gasteiger charge is -2.52. The molecule has 13 heteroatoms. The SMILES string of the molecule is CC1(N2Cc3nnc(C4CCN(c5ccc(F)c(C(F)(F)F)c5F)CC4)n3C3C=CC(Cl)=C[C@@H]3C2)CC(F)(F)C1. The second-order valence-corrected chi connectivity index (χ2v) is 11.9. The highest BCUT2D eigenvalue weighted by molar-refractivity contribution is 6.31. The maximum absolute atomic E-state index is 14.8. The summed E-state index contributed by atoms with van der Waals surface area (Å²) in [5, 5.41) is 9.52. The van der Waals surface area contributed by atoms with Crippen LogP contribution in [0.2, 0.25) is 0 Å². The van der Waals surface area contributed by atoms with Crippen LogP contribution in [0.25, 0.3) is 0 Å². The van der Waals surface area contributed by atoms with Gasteiger partial charge in [0.2, 0.25) is 0 Å². The third-order valence-corrected chi connectivity index (χ3v) is 8.97. The zero-order valence-electron chi connectivity index (χ0n) is 21.5. The highest BCUT2D eigenvalue weighted by Crippen LogP contribution is 2.51.